The second kappa shape index (κ2) is 13.3. The van der Waals surface area contributed by atoms with E-state index >= 15 is 0 Å². The van der Waals surface area contributed by atoms with Gasteiger partial charge in [0.25, 0.3) is 0 Å². The average molecular weight is 662 g/mol. The van der Waals surface area contributed by atoms with Crippen LogP contribution in [0.25, 0.3) is 0 Å². The minimum absolute atomic E-state index is 0.000131. The zero-order valence-corrected chi connectivity index (χ0v) is 27.4. The molecule has 3 heterocycles. The molecule has 0 radical (unpaired) electrons. The molecule has 2 aromatic heterocycles. The fourth-order valence-electron chi connectivity index (χ4n) is 8.59. The Bertz CT molecular complexity index is 1590. The van der Waals surface area contributed by atoms with Gasteiger partial charge in [0, 0.05) is 48.4 Å². The van der Waals surface area contributed by atoms with Crippen molar-refractivity contribution in [2.24, 2.45) is 41.4 Å². The number of amides is 1. The standard InChI is InChI=1S/C36H43N3O9/c1-18-16-19(2)36(45)22(10-12-24-27-28(29(24)36)30(41)20(3)32(27)48-34(43)25-9-7-15-38-25)11-13-26(40)47-31(18)21(4)46-35(44)33(42)39-17-23-8-5-6-14-37-23/h5-10,12,14-16,18,20-22,24,27-32,38,41,45H,11,13,17H2,1-4H3,(H,39,42)/b19-16+/t18-,20-,21-,22?,24?,27+,28?,29?,30-,31?,32-,36+/m1/s1. The monoisotopic (exact) mass is 661 g/mol. The number of cyclic esters (lactones) is 1. The zero-order valence-electron chi connectivity index (χ0n) is 27.4. The Labute approximate surface area is 278 Å². The van der Waals surface area contributed by atoms with E-state index in [-0.39, 0.29) is 42.6 Å². The predicted molar refractivity (Wildman–Crippen MR) is 170 cm³/mol. The first kappa shape index (κ1) is 33.6. The number of pyridine rings is 1. The largest absolute Gasteiger partial charge is 0.458 e. The highest BCUT2D eigenvalue weighted by Gasteiger charge is 2.70. The van der Waals surface area contributed by atoms with E-state index in [0.29, 0.717) is 23.4 Å². The molecule has 4 N–H and O–H groups in total. The van der Waals surface area contributed by atoms with Crippen molar-refractivity contribution in [1.82, 2.24) is 15.3 Å². The molecule has 1 amide bonds. The van der Waals surface area contributed by atoms with Crippen LogP contribution in [0.5, 0.6) is 0 Å². The minimum atomic E-state index is -1.40. The summed E-state index contributed by atoms with van der Waals surface area (Å²) in [6.45, 7) is 7.11. The molecule has 12 nitrogen and oxygen atoms in total. The Balaban J connectivity index is 1.20. The van der Waals surface area contributed by atoms with Gasteiger partial charge >= 0.3 is 23.8 Å². The van der Waals surface area contributed by atoms with Crippen molar-refractivity contribution in [2.45, 2.75) is 77.1 Å². The molecule has 0 aromatic carbocycles. The Kier molecular flexibility index (Phi) is 9.32. The van der Waals surface area contributed by atoms with Crippen molar-refractivity contribution < 1.29 is 43.6 Å². The smallest absolute Gasteiger partial charge is 0.397 e. The summed E-state index contributed by atoms with van der Waals surface area (Å²) in [5.74, 6) is -5.41. The number of aromatic amines is 1. The van der Waals surface area contributed by atoms with Crippen LogP contribution < -0.4 is 5.32 Å². The van der Waals surface area contributed by atoms with E-state index in [2.05, 4.69) is 15.3 Å². The third kappa shape index (κ3) is 5.96. The first-order chi connectivity index (χ1) is 22.9. The summed E-state index contributed by atoms with van der Waals surface area (Å²) in [6.07, 6.45) is 6.08. The Morgan fingerprint density at radius 1 is 1.17 bits per heavy atom. The molecule has 0 bridgehead atoms. The van der Waals surface area contributed by atoms with Crippen LogP contribution in [-0.2, 0) is 35.1 Å². The molecule has 4 aliphatic rings. The van der Waals surface area contributed by atoms with Crippen molar-refractivity contribution >= 4 is 23.8 Å². The molecular formula is C36H43N3O9. The van der Waals surface area contributed by atoms with Crippen LogP contribution in [0.2, 0.25) is 0 Å². The van der Waals surface area contributed by atoms with Crippen LogP contribution in [0.1, 0.15) is 56.7 Å². The van der Waals surface area contributed by atoms with E-state index in [0.717, 1.165) is 0 Å². The molecule has 2 fully saturated rings. The number of aromatic nitrogens is 2. The number of H-pyrrole nitrogens is 1. The van der Waals surface area contributed by atoms with Gasteiger partial charge in [0.1, 0.15) is 24.0 Å². The number of ether oxygens (including phenoxy) is 3. The maximum Gasteiger partial charge on any atom is 0.397 e. The van der Waals surface area contributed by atoms with Crippen LogP contribution >= 0.6 is 0 Å². The summed E-state index contributed by atoms with van der Waals surface area (Å²) in [7, 11) is 0. The fourth-order valence-corrected chi connectivity index (χ4v) is 8.59. The van der Waals surface area contributed by atoms with Gasteiger partial charge in [-0.3, -0.25) is 14.6 Å². The third-order valence-electron chi connectivity index (χ3n) is 10.9. The topological polar surface area (TPSA) is 177 Å². The maximum absolute atomic E-state index is 13.1. The predicted octanol–water partition coefficient (Wildman–Crippen LogP) is 2.88. The molecule has 256 valence electrons. The molecule has 2 saturated carbocycles. The summed E-state index contributed by atoms with van der Waals surface area (Å²) in [4.78, 5) is 58.2. The normalized spacial score (nSPS) is 37.2. The summed E-state index contributed by atoms with van der Waals surface area (Å²) in [5.41, 5.74) is 0.157. The van der Waals surface area contributed by atoms with Crippen LogP contribution in [0.4, 0.5) is 0 Å². The Morgan fingerprint density at radius 3 is 2.67 bits per heavy atom. The van der Waals surface area contributed by atoms with E-state index in [9.17, 15) is 29.4 Å². The van der Waals surface area contributed by atoms with Gasteiger partial charge in [0.2, 0.25) is 0 Å². The minimum Gasteiger partial charge on any atom is -0.458 e. The zero-order chi connectivity index (χ0) is 34.3. The molecule has 0 saturated heterocycles. The van der Waals surface area contributed by atoms with Crippen LogP contribution in [-0.4, -0.2) is 74.0 Å². The first-order valence-corrected chi connectivity index (χ1v) is 16.6. The van der Waals surface area contributed by atoms with Gasteiger partial charge < -0.3 is 34.7 Å². The number of carbonyl (C=O) groups is 4. The lowest BCUT2D eigenvalue weighted by Gasteiger charge is -2.61. The maximum atomic E-state index is 13.1. The molecule has 2 aromatic rings. The van der Waals surface area contributed by atoms with Crippen molar-refractivity contribution in [3.05, 3.63) is 77.9 Å². The number of fused-ring (bicyclic) bond motifs is 6. The van der Waals surface area contributed by atoms with Gasteiger partial charge in [-0.2, -0.15) is 0 Å². The molecule has 12 heteroatoms. The van der Waals surface area contributed by atoms with Gasteiger partial charge in [0.05, 0.1) is 23.9 Å². The van der Waals surface area contributed by atoms with Gasteiger partial charge in [-0.05, 0) is 61.9 Å². The van der Waals surface area contributed by atoms with Crippen LogP contribution in [0.15, 0.2) is 66.5 Å². The highest BCUT2D eigenvalue weighted by Crippen LogP contribution is 2.66. The van der Waals surface area contributed by atoms with E-state index < -0.39 is 65.7 Å². The molecule has 1 aliphatic heterocycles. The van der Waals surface area contributed by atoms with Gasteiger partial charge in [-0.25, -0.2) is 9.59 Å². The number of allylic oxidation sites excluding steroid dienone is 1. The highest BCUT2D eigenvalue weighted by atomic mass is 16.6. The second-order valence-electron chi connectivity index (χ2n) is 13.7. The summed E-state index contributed by atoms with van der Waals surface area (Å²) < 4.78 is 17.2. The van der Waals surface area contributed by atoms with Crippen molar-refractivity contribution in [3.8, 4) is 0 Å². The van der Waals surface area contributed by atoms with E-state index in [4.69, 9.17) is 14.2 Å². The Hall–Kier alpha value is -4.29. The number of nitrogens with one attached hydrogen (secondary N) is 2. The van der Waals surface area contributed by atoms with Gasteiger partial charge in [0.15, 0.2) is 0 Å². The molecule has 5 unspecified atom stereocenters. The number of hydrogen-bond donors (Lipinski definition) is 4. The van der Waals surface area contributed by atoms with E-state index in [1.807, 2.05) is 32.1 Å². The summed E-state index contributed by atoms with van der Waals surface area (Å²) >= 11 is 0. The van der Waals surface area contributed by atoms with E-state index in [1.54, 1.807) is 56.6 Å². The molecular weight excluding hydrogens is 618 g/mol. The lowest BCUT2D eigenvalue weighted by Crippen LogP contribution is -2.64. The van der Waals surface area contributed by atoms with Crippen LogP contribution in [0.3, 0.4) is 0 Å². The SMILES string of the molecule is C/C1=C\[C@@H](C)C([C@@H](C)OC(=O)C(=O)NCc2ccccn2)OC(=O)CCC2C=CC3C(C4[C@H]3[C@H](OC(=O)c3ccc[nH]3)[C@H](C)[C@H]4O)[C@]12O. The number of carbonyl (C=O) groups excluding carboxylic acids is 4. The average Bonchev–Trinajstić information content (AvgIpc) is 3.66. The lowest BCUT2D eigenvalue weighted by atomic mass is 9.46. The molecule has 6 rings (SSSR count). The molecule has 48 heavy (non-hydrogen) atoms. The number of hydrogen-bond acceptors (Lipinski definition) is 10. The van der Waals surface area contributed by atoms with Gasteiger partial charge in [-0.1, -0.05) is 38.1 Å². The molecule has 3 aliphatic carbocycles. The summed E-state index contributed by atoms with van der Waals surface area (Å²) in [5, 5.41) is 26.7. The summed E-state index contributed by atoms with van der Waals surface area (Å²) in [6, 6.07) is 8.57. The van der Waals surface area contributed by atoms with Crippen LogP contribution in [0, 0.1) is 41.4 Å². The number of aliphatic hydroxyl groups is 2. The number of nitrogens with zero attached hydrogens (tertiary/aromatic N) is 1. The first-order valence-electron chi connectivity index (χ1n) is 16.6. The van der Waals surface area contributed by atoms with Crippen molar-refractivity contribution in [1.29, 1.82) is 0 Å². The fraction of sp³-hybridized carbons (Fsp3) is 0.528. The number of rotatable bonds is 6. The van der Waals surface area contributed by atoms with Crippen molar-refractivity contribution in [3.63, 3.8) is 0 Å². The number of esters is 3. The third-order valence-corrected chi connectivity index (χ3v) is 10.9. The molecule has 12 atom stereocenters. The highest BCUT2D eigenvalue weighted by molar-refractivity contribution is 6.32. The molecule has 0 spiro atoms. The second-order valence-corrected chi connectivity index (χ2v) is 13.7. The van der Waals surface area contributed by atoms with Crippen molar-refractivity contribution in [2.75, 3.05) is 0 Å². The quantitative estimate of drug-likeness (QED) is 0.156. The number of aliphatic hydroxyl groups excluding tert-OH is 1. The van der Waals surface area contributed by atoms with Gasteiger partial charge in [-0.15, -0.1) is 0 Å². The van der Waals surface area contributed by atoms with E-state index in [1.165, 1.54) is 0 Å². The Morgan fingerprint density at radius 2 is 1.96 bits per heavy atom. The lowest BCUT2D eigenvalue weighted by molar-refractivity contribution is -0.180.